The first-order valence-corrected chi connectivity index (χ1v) is 8.21. The van der Waals surface area contributed by atoms with E-state index >= 15 is 0 Å². The fraction of sp³-hybridized carbons (Fsp3) is 0.611. The van der Waals surface area contributed by atoms with E-state index in [0.29, 0.717) is 18.5 Å². The zero-order valence-electron chi connectivity index (χ0n) is 13.3. The highest BCUT2D eigenvalue weighted by Crippen LogP contribution is 2.26. The van der Waals surface area contributed by atoms with Crippen LogP contribution in [0.2, 0.25) is 0 Å². The Kier molecular flexibility index (Phi) is 5.80. The Hall–Kier alpha value is -1.35. The Morgan fingerprint density at radius 2 is 2.05 bits per heavy atom. The average molecular weight is 288 g/mol. The number of nitrogens with zero attached hydrogens (tertiary/aromatic N) is 1. The Morgan fingerprint density at radius 1 is 1.33 bits per heavy atom. The molecule has 0 radical (unpaired) electrons. The van der Waals surface area contributed by atoms with Crippen molar-refractivity contribution in [2.75, 3.05) is 6.54 Å². The largest absolute Gasteiger partial charge is 0.336 e. The first-order valence-electron chi connectivity index (χ1n) is 8.21. The summed E-state index contributed by atoms with van der Waals surface area (Å²) in [6, 6.07) is 8.20. The molecule has 1 aliphatic carbocycles. The van der Waals surface area contributed by atoms with Gasteiger partial charge in [-0.15, -0.1) is 0 Å². The van der Waals surface area contributed by atoms with Crippen molar-refractivity contribution in [2.24, 2.45) is 11.7 Å². The van der Waals surface area contributed by atoms with Gasteiger partial charge in [0.05, 0.1) is 0 Å². The highest BCUT2D eigenvalue weighted by molar-refractivity contribution is 5.94. The Balaban J connectivity index is 2.15. The number of benzene rings is 1. The summed E-state index contributed by atoms with van der Waals surface area (Å²) in [5, 5.41) is 0. The highest BCUT2D eigenvalue weighted by Gasteiger charge is 2.27. The lowest BCUT2D eigenvalue weighted by Gasteiger charge is -2.30. The predicted molar refractivity (Wildman–Crippen MR) is 87.1 cm³/mol. The third-order valence-corrected chi connectivity index (χ3v) is 4.38. The van der Waals surface area contributed by atoms with Crippen LogP contribution in [0.5, 0.6) is 0 Å². The normalized spacial score (nSPS) is 15.6. The first kappa shape index (κ1) is 16.0. The molecular formula is C18H28N2O. The lowest BCUT2D eigenvalue weighted by molar-refractivity contribution is 0.0672. The fourth-order valence-electron chi connectivity index (χ4n) is 3.06. The summed E-state index contributed by atoms with van der Waals surface area (Å²) >= 11 is 0. The van der Waals surface area contributed by atoms with Gasteiger partial charge in [-0.1, -0.05) is 38.8 Å². The maximum atomic E-state index is 12.9. The van der Waals surface area contributed by atoms with Crippen LogP contribution >= 0.6 is 0 Å². The first-order chi connectivity index (χ1) is 10.1. The molecule has 0 unspecified atom stereocenters. The molecule has 0 saturated heterocycles. The minimum atomic E-state index is 0.179. The van der Waals surface area contributed by atoms with E-state index in [1.54, 1.807) is 0 Å². The molecule has 1 aromatic carbocycles. The van der Waals surface area contributed by atoms with Gasteiger partial charge in [0, 0.05) is 24.7 Å². The highest BCUT2D eigenvalue weighted by atomic mass is 16.2. The molecule has 1 amide bonds. The summed E-state index contributed by atoms with van der Waals surface area (Å²) in [7, 11) is 0. The van der Waals surface area contributed by atoms with Gasteiger partial charge < -0.3 is 10.6 Å². The molecule has 3 heteroatoms. The molecule has 0 bridgehead atoms. The molecule has 1 aliphatic rings. The lowest BCUT2D eigenvalue weighted by atomic mass is 10.1. The maximum absolute atomic E-state index is 12.9. The molecule has 1 saturated carbocycles. The van der Waals surface area contributed by atoms with Crippen LogP contribution in [0, 0.1) is 5.92 Å². The second-order valence-corrected chi connectivity index (χ2v) is 6.52. The lowest BCUT2D eigenvalue weighted by Crippen LogP contribution is -2.40. The standard InChI is InChI=1S/C18H28N2O/c1-14(2)10-11-20(17-8-3-4-9-17)18(21)16-7-5-6-15(12-16)13-19/h5-7,12,14,17H,3-4,8-11,13,19H2,1-2H3. The van der Waals surface area contributed by atoms with Crippen LogP contribution < -0.4 is 5.73 Å². The van der Waals surface area contributed by atoms with Crippen molar-refractivity contribution in [3.8, 4) is 0 Å². The SMILES string of the molecule is CC(C)CCN(C(=O)c1cccc(CN)c1)C1CCCC1. The van der Waals surface area contributed by atoms with Crippen molar-refractivity contribution in [1.29, 1.82) is 0 Å². The van der Waals surface area contributed by atoms with Gasteiger partial charge in [-0.05, 0) is 42.9 Å². The second-order valence-electron chi connectivity index (χ2n) is 6.52. The molecule has 0 aliphatic heterocycles. The molecule has 1 aromatic rings. The van der Waals surface area contributed by atoms with Crippen LogP contribution in [-0.2, 0) is 6.54 Å². The van der Waals surface area contributed by atoms with E-state index in [0.717, 1.165) is 36.9 Å². The molecule has 0 spiro atoms. The van der Waals surface area contributed by atoms with Gasteiger partial charge in [0.15, 0.2) is 0 Å². The zero-order chi connectivity index (χ0) is 15.2. The summed E-state index contributed by atoms with van der Waals surface area (Å²) < 4.78 is 0. The molecule has 0 atom stereocenters. The molecule has 3 nitrogen and oxygen atoms in total. The minimum absolute atomic E-state index is 0.179. The Labute approximate surface area is 128 Å². The van der Waals surface area contributed by atoms with Crippen LogP contribution in [0.15, 0.2) is 24.3 Å². The number of hydrogen-bond donors (Lipinski definition) is 1. The number of carbonyl (C=O) groups excluding carboxylic acids is 1. The number of hydrogen-bond acceptors (Lipinski definition) is 2. The summed E-state index contributed by atoms with van der Waals surface area (Å²) in [6.45, 7) is 5.78. The summed E-state index contributed by atoms with van der Waals surface area (Å²) in [6.07, 6.45) is 5.87. The number of amides is 1. The monoisotopic (exact) mass is 288 g/mol. The molecule has 2 rings (SSSR count). The van der Waals surface area contributed by atoms with E-state index in [2.05, 4.69) is 18.7 Å². The minimum Gasteiger partial charge on any atom is -0.336 e. The molecule has 0 aromatic heterocycles. The van der Waals surface area contributed by atoms with Crippen LogP contribution in [0.4, 0.5) is 0 Å². The third kappa shape index (κ3) is 4.31. The van der Waals surface area contributed by atoms with Crippen LogP contribution in [0.1, 0.15) is 61.9 Å². The van der Waals surface area contributed by atoms with Crippen LogP contribution in [-0.4, -0.2) is 23.4 Å². The van der Waals surface area contributed by atoms with Crippen molar-refractivity contribution in [2.45, 2.75) is 58.5 Å². The smallest absolute Gasteiger partial charge is 0.254 e. The second kappa shape index (κ2) is 7.60. The quantitative estimate of drug-likeness (QED) is 0.869. The predicted octanol–water partition coefficient (Wildman–Crippen LogP) is 3.58. The molecule has 0 heterocycles. The van der Waals surface area contributed by atoms with Gasteiger partial charge in [0.25, 0.3) is 5.91 Å². The molecular weight excluding hydrogens is 260 g/mol. The number of carbonyl (C=O) groups is 1. The van der Waals surface area contributed by atoms with Crippen molar-refractivity contribution in [3.63, 3.8) is 0 Å². The zero-order valence-corrected chi connectivity index (χ0v) is 13.3. The number of nitrogens with two attached hydrogens (primary N) is 1. The molecule has 21 heavy (non-hydrogen) atoms. The van der Waals surface area contributed by atoms with Crippen molar-refractivity contribution in [1.82, 2.24) is 4.90 Å². The van der Waals surface area contributed by atoms with E-state index in [1.807, 2.05) is 24.3 Å². The van der Waals surface area contributed by atoms with Crippen LogP contribution in [0.3, 0.4) is 0 Å². The van der Waals surface area contributed by atoms with Crippen LogP contribution in [0.25, 0.3) is 0 Å². The third-order valence-electron chi connectivity index (χ3n) is 4.38. The van der Waals surface area contributed by atoms with Gasteiger partial charge in [-0.25, -0.2) is 0 Å². The average Bonchev–Trinajstić information content (AvgIpc) is 3.01. The van der Waals surface area contributed by atoms with Crippen molar-refractivity contribution >= 4 is 5.91 Å². The van der Waals surface area contributed by atoms with Crippen molar-refractivity contribution in [3.05, 3.63) is 35.4 Å². The van der Waals surface area contributed by atoms with Gasteiger partial charge in [0.1, 0.15) is 0 Å². The molecule has 116 valence electrons. The molecule has 2 N–H and O–H groups in total. The van der Waals surface area contributed by atoms with E-state index in [9.17, 15) is 4.79 Å². The van der Waals surface area contributed by atoms with Gasteiger partial charge >= 0.3 is 0 Å². The number of rotatable bonds is 6. The Morgan fingerprint density at radius 3 is 2.67 bits per heavy atom. The van der Waals surface area contributed by atoms with Gasteiger partial charge in [-0.3, -0.25) is 4.79 Å². The van der Waals surface area contributed by atoms with Crippen molar-refractivity contribution < 1.29 is 4.79 Å². The van der Waals surface area contributed by atoms with E-state index in [1.165, 1.54) is 12.8 Å². The summed E-state index contributed by atoms with van der Waals surface area (Å²) in [4.78, 5) is 15.0. The van der Waals surface area contributed by atoms with E-state index in [4.69, 9.17) is 5.73 Å². The van der Waals surface area contributed by atoms with Gasteiger partial charge in [0.2, 0.25) is 0 Å². The van der Waals surface area contributed by atoms with E-state index in [-0.39, 0.29) is 5.91 Å². The fourth-order valence-corrected chi connectivity index (χ4v) is 3.06. The molecule has 1 fully saturated rings. The van der Waals surface area contributed by atoms with E-state index < -0.39 is 0 Å². The topological polar surface area (TPSA) is 46.3 Å². The summed E-state index contributed by atoms with van der Waals surface area (Å²) in [5.74, 6) is 0.801. The van der Waals surface area contributed by atoms with Gasteiger partial charge in [-0.2, -0.15) is 0 Å². The maximum Gasteiger partial charge on any atom is 0.254 e. The Bertz CT molecular complexity index is 464. The summed E-state index contributed by atoms with van der Waals surface area (Å²) in [5.41, 5.74) is 7.50.